The molecule has 0 saturated carbocycles. The van der Waals surface area contributed by atoms with Crippen LogP contribution in [0.3, 0.4) is 0 Å². The summed E-state index contributed by atoms with van der Waals surface area (Å²) < 4.78 is 11.4. The number of carbonyl (C=O) groups excluding carboxylic acids is 1. The highest BCUT2D eigenvalue weighted by Crippen LogP contribution is 2.46. The number of fused-ring (bicyclic) bond motifs is 3. The van der Waals surface area contributed by atoms with Crippen molar-refractivity contribution in [2.75, 3.05) is 0 Å². The van der Waals surface area contributed by atoms with Gasteiger partial charge >= 0.3 is 5.97 Å². The Hall–Kier alpha value is -3.78. The molecule has 3 heterocycles. The fraction of sp³-hybridized carbons (Fsp3) is 0.0909. The first-order valence-electron chi connectivity index (χ1n) is 9.01. The van der Waals surface area contributed by atoms with Gasteiger partial charge in [-0.2, -0.15) is 11.3 Å². The van der Waals surface area contributed by atoms with Crippen LogP contribution in [0, 0.1) is 0 Å². The summed E-state index contributed by atoms with van der Waals surface area (Å²) in [6, 6.07) is 8.39. The highest BCUT2D eigenvalue weighted by Gasteiger charge is 2.33. The third kappa shape index (κ3) is 2.81. The molecule has 0 bridgehead atoms. The number of carbonyl (C=O) groups is 1. The number of hydrogen-bond acceptors (Lipinski definition) is 8. The lowest BCUT2D eigenvalue weighted by molar-refractivity contribution is -0.135. The average molecular weight is 422 g/mol. The standard InChI is InChI=1S/C22H14O7S/c23-13-2-1-10(5-14(13)24)17-7-15(25)21-16(26)8-18-20(22(21)29-17)12(6-19(27)28-18)11-3-4-30-9-11/h1-5,7-9,12,23-24,26H,6H2/t12-/m0/s1. The molecule has 1 atom stereocenters. The third-order valence-electron chi connectivity index (χ3n) is 5.13. The van der Waals surface area contributed by atoms with Crippen LogP contribution in [0.5, 0.6) is 23.0 Å². The zero-order chi connectivity index (χ0) is 21.0. The van der Waals surface area contributed by atoms with Crippen LogP contribution in [0.25, 0.3) is 22.3 Å². The molecule has 4 aromatic rings. The second-order valence-electron chi connectivity index (χ2n) is 6.98. The molecule has 0 amide bonds. The Balaban J connectivity index is 1.83. The zero-order valence-electron chi connectivity index (χ0n) is 15.3. The minimum absolute atomic E-state index is 0.0151. The van der Waals surface area contributed by atoms with E-state index in [1.165, 1.54) is 41.7 Å². The van der Waals surface area contributed by atoms with Gasteiger partial charge in [-0.3, -0.25) is 9.59 Å². The monoisotopic (exact) mass is 422 g/mol. The van der Waals surface area contributed by atoms with Gasteiger partial charge in [0.05, 0.1) is 6.42 Å². The second kappa shape index (κ2) is 6.64. The summed E-state index contributed by atoms with van der Waals surface area (Å²) in [5, 5.41) is 33.6. The summed E-state index contributed by atoms with van der Waals surface area (Å²) in [7, 11) is 0. The molecule has 0 radical (unpaired) electrons. The van der Waals surface area contributed by atoms with Crippen LogP contribution in [-0.2, 0) is 4.79 Å². The van der Waals surface area contributed by atoms with Gasteiger partial charge in [0.1, 0.15) is 28.2 Å². The first-order valence-corrected chi connectivity index (χ1v) is 9.95. The summed E-state index contributed by atoms with van der Waals surface area (Å²) in [5.41, 5.74) is 1.37. The van der Waals surface area contributed by atoms with E-state index in [2.05, 4.69) is 0 Å². The Kier molecular flexibility index (Phi) is 4.04. The molecule has 150 valence electrons. The molecule has 2 aromatic heterocycles. The van der Waals surface area contributed by atoms with E-state index in [-0.39, 0.29) is 46.1 Å². The van der Waals surface area contributed by atoms with Crippen LogP contribution in [0.4, 0.5) is 0 Å². The van der Waals surface area contributed by atoms with E-state index in [0.717, 1.165) is 5.56 Å². The highest BCUT2D eigenvalue weighted by atomic mass is 32.1. The topological polar surface area (TPSA) is 117 Å². The van der Waals surface area contributed by atoms with Crippen molar-refractivity contribution in [3.8, 4) is 34.3 Å². The number of hydrogen-bond donors (Lipinski definition) is 3. The predicted octanol–water partition coefficient (Wildman–Crippen LogP) is 4.08. The van der Waals surface area contributed by atoms with Crippen molar-refractivity contribution in [1.82, 2.24) is 0 Å². The van der Waals surface area contributed by atoms with Gasteiger partial charge in [0.2, 0.25) is 0 Å². The Labute approximate surface area is 173 Å². The van der Waals surface area contributed by atoms with Crippen molar-refractivity contribution >= 4 is 28.3 Å². The van der Waals surface area contributed by atoms with Crippen LogP contribution >= 0.6 is 11.3 Å². The molecule has 8 heteroatoms. The van der Waals surface area contributed by atoms with Crippen LogP contribution in [0.1, 0.15) is 23.5 Å². The van der Waals surface area contributed by atoms with E-state index in [1.54, 1.807) is 0 Å². The number of esters is 1. The minimum atomic E-state index is -0.486. The van der Waals surface area contributed by atoms with Gasteiger partial charge in [0.15, 0.2) is 16.9 Å². The molecule has 0 aliphatic carbocycles. The fourth-order valence-corrected chi connectivity index (χ4v) is 4.45. The Morgan fingerprint density at radius 1 is 0.967 bits per heavy atom. The van der Waals surface area contributed by atoms with Gasteiger partial charge in [0, 0.05) is 29.2 Å². The molecule has 0 spiro atoms. The normalized spacial score (nSPS) is 15.7. The van der Waals surface area contributed by atoms with Gasteiger partial charge < -0.3 is 24.5 Å². The summed E-state index contributed by atoms with van der Waals surface area (Å²) in [4.78, 5) is 25.0. The second-order valence-corrected chi connectivity index (χ2v) is 7.76. The smallest absolute Gasteiger partial charge is 0.312 e. The van der Waals surface area contributed by atoms with E-state index >= 15 is 0 Å². The largest absolute Gasteiger partial charge is 0.507 e. The molecular formula is C22H14O7S. The molecule has 0 saturated heterocycles. The zero-order valence-corrected chi connectivity index (χ0v) is 16.1. The molecule has 3 N–H and O–H groups in total. The number of thiophene rings is 1. The van der Waals surface area contributed by atoms with E-state index in [0.29, 0.717) is 11.1 Å². The quantitative estimate of drug-likeness (QED) is 0.253. The first-order chi connectivity index (χ1) is 14.4. The van der Waals surface area contributed by atoms with E-state index in [1.807, 2.05) is 16.8 Å². The van der Waals surface area contributed by atoms with Crippen molar-refractivity contribution in [3.05, 3.63) is 68.5 Å². The maximum absolute atomic E-state index is 12.9. The van der Waals surface area contributed by atoms with Crippen LogP contribution in [-0.4, -0.2) is 21.3 Å². The Morgan fingerprint density at radius 3 is 2.53 bits per heavy atom. The molecule has 0 fully saturated rings. The van der Waals surface area contributed by atoms with Crippen molar-refractivity contribution in [2.45, 2.75) is 12.3 Å². The fourth-order valence-electron chi connectivity index (χ4n) is 3.74. The van der Waals surface area contributed by atoms with Gasteiger partial charge in [-0.25, -0.2) is 0 Å². The number of rotatable bonds is 2. The predicted molar refractivity (Wildman–Crippen MR) is 109 cm³/mol. The van der Waals surface area contributed by atoms with E-state index in [9.17, 15) is 24.9 Å². The number of phenols is 3. The third-order valence-corrected chi connectivity index (χ3v) is 5.83. The van der Waals surface area contributed by atoms with Crippen LogP contribution < -0.4 is 10.2 Å². The molecule has 30 heavy (non-hydrogen) atoms. The summed E-state index contributed by atoms with van der Waals surface area (Å²) in [5.74, 6) is -1.59. The molecule has 7 nitrogen and oxygen atoms in total. The first kappa shape index (κ1) is 18.3. The van der Waals surface area contributed by atoms with Gasteiger partial charge in [-0.05, 0) is 40.6 Å². The maximum Gasteiger partial charge on any atom is 0.312 e. The average Bonchev–Trinajstić information content (AvgIpc) is 3.23. The Morgan fingerprint density at radius 2 is 1.80 bits per heavy atom. The van der Waals surface area contributed by atoms with Crippen molar-refractivity contribution < 1.29 is 29.3 Å². The Bertz CT molecular complexity index is 1370. The lowest BCUT2D eigenvalue weighted by Gasteiger charge is -2.25. The van der Waals surface area contributed by atoms with Crippen molar-refractivity contribution in [3.63, 3.8) is 0 Å². The lowest BCUT2D eigenvalue weighted by atomic mass is 9.86. The summed E-state index contributed by atoms with van der Waals surface area (Å²) >= 11 is 1.48. The maximum atomic E-state index is 12.9. The number of ether oxygens (including phenoxy) is 1. The van der Waals surface area contributed by atoms with E-state index < -0.39 is 17.3 Å². The summed E-state index contributed by atoms with van der Waals surface area (Å²) in [6.45, 7) is 0. The number of benzene rings is 2. The van der Waals surface area contributed by atoms with Crippen LogP contribution in [0.2, 0.25) is 0 Å². The molecule has 0 unspecified atom stereocenters. The van der Waals surface area contributed by atoms with Gasteiger partial charge in [-0.1, -0.05) is 0 Å². The summed E-state index contributed by atoms with van der Waals surface area (Å²) in [6.07, 6.45) is 0.0670. The molecule has 5 rings (SSSR count). The SMILES string of the molecule is O=C1C[C@@H](c2ccsc2)c2c(cc(O)c3c(=O)cc(-c4ccc(O)c(O)c4)oc23)O1. The van der Waals surface area contributed by atoms with E-state index in [4.69, 9.17) is 9.15 Å². The molecule has 1 aliphatic rings. The lowest BCUT2D eigenvalue weighted by Crippen LogP contribution is -2.21. The van der Waals surface area contributed by atoms with Gasteiger partial charge in [-0.15, -0.1) is 0 Å². The number of phenolic OH excluding ortho intramolecular Hbond substituents is 3. The highest BCUT2D eigenvalue weighted by molar-refractivity contribution is 7.08. The minimum Gasteiger partial charge on any atom is -0.507 e. The van der Waals surface area contributed by atoms with Crippen LogP contribution in [0.15, 0.2) is 56.4 Å². The molecular weight excluding hydrogens is 408 g/mol. The van der Waals surface area contributed by atoms with Gasteiger partial charge in [0.25, 0.3) is 0 Å². The molecule has 1 aliphatic heterocycles. The van der Waals surface area contributed by atoms with Crippen molar-refractivity contribution in [2.24, 2.45) is 0 Å². The van der Waals surface area contributed by atoms with Crippen molar-refractivity contribution in [1.29, 1.82) is 0 Å². The molecule has 2 aromatic carbocycles. The number of aromatic hydroxyl groups is 3.